The van der Waals surface area contributed by atoms with Crippen LogP contribution in [0.5, 0.6) is 23.0 Å². The minimum Gasteiger partial charge on any atom is -0.493 e. The molecule has 0 aromatic heterocycles. The Bertz CT molecular complexity index is 2540. The van der Waals surface area contributed by atoms with Crippen LogP contribution in [0.2, 0.25) is 0 Å². The summed E-state index contributed by atoms with van der Waals surface area (Å²) in [6.07, 6.45) is 2.97. The van der Waals surface area contributed by atoms with Crippen LogP contribution in [0, 0.1) is 5.92 Å². The zero-order valence-corrected chi connectivity index (χ0v) is 39.2. The van der Waals surface area contributed by atoms with Crippen LogP contribution in [0.25, 0.3) is 0 Å². The van der Waals surface area contributed by atoms with E-state index < -0.39 is 5.97 Å². The van der Waals surface area contributed by atoms with Crippen LogP contribution in [0.1, 0.15) is 51.0 Å². The van der Waals surface area contributed by atoms with Crippen LogP contribution in [0.15, 0.2) is 91.0 Å². The Morgan fingerprint density at radius 3 is 2.15 bits per heavy atom. The van der Waals surface area contributed by atoms with Gasteiger partial charge in [-0.1, -0.05) is 36.4 Å². The largest absolute Gasteiger partial charge is 0.493 e. The number of nitrogens with zero attached hydrogens (tertiary/aromatic N) is 2. The molecule has 0 saturated heterocycles. The lowest BCUT2D eigenvalue weighted by atomic mass is 9.88. The first kappa shape index (κ1) is 47.8. The predicted octanol–water partition coefficient (Wildman–Crippen LogP) is 7.62. The molecule has 1 unspecified atom stereocenters. The number of carboxylic acid groups (broad SMARTS) is 1. The molecule has 0 radical (unpaired) electrons. The molecular weight excluding hydrogens is 867 g/mol. The number of benzene rings is 5. The highest BCUT2D eigenvalue weighted by atomic mass is 16.5. The second-order valence-electron chi connectivity index (χ2n) is 17.4. The summed E-state index contributed by atoms with van der Waals surface area (Å²) in [7, 11) is 4.85. The summed E-state index contributed by atoms with van der Waals surface area (Å²) in [6.45, 7) is 4.98. The first-order chi connectivity index (χ1) is 33.2. The molecule has 5 aromatic rings. The van der Waals surface area contributed by atoms with Gasteiger partial charge in [-0.15, -0.1) is 0 Å². The van der Waals surface area contributed by atoms with Crippen molar-refractivity contribution >= 4 is 40.3 Å². The van der Waals surface area contributed by atoms with Gasteiger partial charge < -0.3 is 64.4 Å². The standard InChI is InChI=1S/C53H63N5O10/c1-62-17-18-66-20-19-65-16-15-57(14-8-13-52(59)60)41-24-36(33-67-50-29-45-40(27-48(50)63-2)23-35(31-55-45)22-38-9-4-6-11-44(38)54)21-37(25-41)34-68-51-30-46-43(28-49(51)64-3)53(61)58-42(32-56-46)26-39-10-5-7-12-47(39)58/h4-7,9-12,21,24-25,27-30,35,42,55-56H,8,13-20,22-23,26,31-34,54H2,1-3H3,(H,59,60)/t35?,42-/m0/s1. The number of carbonyl (C=O) groups excluding carboxylic acids is 1. The van der Waals surface area contributed by atoms with Crippen LogP contribution in [0.3, 0.4) is 0 Å². The molecule has 0 spiro atoms. The minimum atomic E-state index is -0.855. The molecule has 3 aliphatic heterocycles. The van der Waals surface area contributed by atoms with Crippen LogP contribution in [0.4, 0.5) is 28.4 Å². The molecule has 1 amide bonds. The minimum absolute atomic E-state index is 0.0146. The zero-order chi connectivity index (χ0) is 47.4. The van der Waals surface area contributed by atoms with E-state index >= 15 is 0 Å². The van der Waals surface area contributed by atoms with E-state index in [0.717, 1.165) is 76.4 Å². The van der Waals surface area contributed by atoms with Crippen molar-refractivity contribution < 1.29 is 47.9 Å². The molecular formula is C53H63N5O10. The number of hydrogen-bond donors (Lipinski definition) is 4. The predicted molar refractivity (Wildman–Crippen MR) is 263 cm³/mol. The Morgan fingerprint density at radius 2 is 1.41 bits per heavy atom. The van der Waals surface area contributed by atoms with E-state index in [4.69, 9.17) is 38.9 Å². The average molecular weight is 930 g/mol. The summed E-state index contributed by atoms with van der Waals surface area (Å²) < 4.78 is 41.5. The van der Waals surface area contributed by atoms with Crippen LogP contribution >= 0.6 is 0 Å². The zero-order valence-electron chi connectivity index (χ0n) is 39.2. The van der Waals surface area contributed by atoms with Gasteiger partial charge in [0.25, 0.3) is 5.91 Å². The number of carboxylic acids is 1. The van der Waals surface area contributed by atoms with Crippen LogP contribution < -0.4 is 45.1 Å². The topological polar surface area (TPSA) is 176 Å². The third-order valence-electron chi connectivity index (χ3n) is 12.7. The van der Waals surface area contributed by atoms with Gasteiger partial charge in [0.2, 0.25) is 0 Å². The van der Waals surface area contributed by atoms with Crippen molar-refractivity contribution in [1.82, 2.24) is 0 Å². The molecule has 15 heteroatoms. The van der Waals surface area contributed by atoms with Gasteiger partial charge in [-0.2, -0.15) is 0 Å². The number of rotatable bonds is 24. The number of nitrogens with one attached hydrogen (secondary N) is 2. The smallest absolute Gasteiger partial charge is 0.303 e. The third-order valence-corrected chi connectivity index (χ3v) is 12.7. The summed E-state index contributed by atoms with van der Waals surface area (Å²) in [6, 6.07) is 29.9. The highest BCUT2D eigenvalue weighted by molar-refractivity contribution is 6.12. The van der Waals surface area contributed by atoms with Gasteiger partial charge in [0.1, 0.15) is 13.2 Å². The lowest BCUT2D eigenvalue weighted by molar-refractivity contribution is -0.137. The highest BCUT2D eigenvalue weighted by Gasteiger charge is 2.38. The average Bonchev–Trinajstić information content (AvgIpc) is 3.67. The number of anilines is 5. The summed E-state index contributed by atoms with van der Waals surface area (Å²) in [5, 5.41) is 16.7. The quantitative estimate of drug-likeness (QED) is 0.0351. The summed E-state index contributed by atoms with van der Waals surface area (Å²) in [4.78, 5) is 29.8. The number of nitrogen functional groups attached to an aromatic ring is 1. The number of fused-ring (bicyclic) bond motifs is 5. The molecule has 0 bridgehead atoms. The fourth-order valence-corrected chi connectivity index (χ4v) is 9.28. The molecule has 68 heavy (non-hydrogen) atoms. The Hall–Kier alpha value is -6.68. The van der Waals surface area contributed by atoms with Crippen molar-refractivity contribution in [2.45, 2.75) is 51.4 Å². The molecule has 0 saturated carbocycles. The normalized spacial score (nSPS) is 15.8. The summed E-state index contributed by atoms with van der Waals surface area (Å²) in [5.74, 6) is 1.59. The SMILES string of the molecule is COCCOCCOCCN(CCCC(=O)O)c1cc(COc2cc3c(cc2OC)CC(Cc2ccccc2N)CN3)cc(COc2cc3c(cc2OC)C(=O)N2c4ccccc4C[C@H]2CN3)c1. The van der Waals surface area contributed by atoms with Gasteiger partial charge in [-0.05, 0) is 102 Å². The van der Waals surface area contributed by atoms with Crippen molar-refractivity contribution in [3.05, 3.63) is 124 Å². The highest BCUT2D eigenvalue weighted by Crippen LogP contribution is 2.42. The maximum atomic E-state index is 14.1. The monoisotopic (exact) mass is 929 g/mol. The van der Waals surface area contributed by atoms with Crippen LogP contribution in [-0.2, 0) is 51.5 Å². The van der Waals surface area contributed by atoms with Crippen molar-refractivity contribution in [2.75, 3.05) is 107 Å². The van der Waals surface area contributed by atoms with Crippen molar-refractivity contribution in [2.24, 2.45) is 5.92 Å². The Balaban J connectivity index is 1.03. The summed E-state index contributed by atoms with van der Waals surface area (Å²) in [5.41, 5.74) is 16.3. The van der Waals surface area contributed by atoms with Gasteiger partial charge in [-0.3, -0.25) is 9.59 Å². The van der Waals surface area contributed by atoms with Gasteiger partial charge in [0.05, 0.1) is 64.5 Å². The van der Waals surface area contributed by atoms with Gasteiger partial charge in [0, 0.05) is 74.6 Å². The number of aliphatic carboxylic acids is 1. The molecule has 3 heterocycles. The Morgan fingerprint density at radius 1 is 0.735 bits per heavy atom. The molecule has 360 valence electrons. The van der Waals surface area contributed by atoms with E-state index in [-0.39, 0.29) is 31.6 Å². The molecule has 0 aliphatic carbocycles. The molecule has 5 aromatic carbocycles. The van der Waals surface area contributed by atoms with E-state index in [9.17, 15) is 14.7 Å². The number of hydrogen-bond acceptors (Lipinski definition) is 13. The number of methoxy groups -OCH3 is 3. The maximum absolute atomic E-state index is 14.1. The Labute approximate surface area is 398 Å². The fraction of sp³-hybridized carbons (Fsp3) is 0.396. The number of nitrogens with two attached hydrogens (primary N) is 1. The Kier molecular flexibility index (Phi) is 16.1. The first-order valence-electron chi connectivity index (χ1n) is 23.4. The third kappa shape index (κ3) is 11.7. The molecule has 15 nitrogen and oxygen atoms in total. The maximum Gasteiger partial charge on any atom is 0.303 e. The number of carbonyl (C=O) groups is 2. The van der Waals surface area contributed by atoms with E-state index in [1.165, 1.54) is 0 Å². The van der Waals surface area contributed by atoms with E-state index in [0.29, 0.717) is 99.3 Å². The van der Waals surface area contributed by atoms with Crippen molar-refractivity contribution in [1.29, 1.82) is 0 Å². The lowest BCUT2D eigenvalue weighted by Crippen LogP contribution is -2.39. The van der Waals surface area contributed by atoms with Crippen molar-refractivity contribution in [3.8, 4) is 23.0 Å². The lowest BCUT2D eigenvalue weighted by Gasteiger charge is -2.28. The van der Waals surface area contributed by atoms with Crippen LogP contribution in [-0.4, -0.2) is 104 Å². The molecule has 0 fully saturated rings. The molecule has 5 N–H and O–H groups in total. The first-order valence-corrected chi connectivity index (χ1v) is 23.4. The van der Waals surface area contributed by atoms with Gasteiger partial charge >= 0.3 is 5.97 Å². The van der Waals surface area contributed by atoms with Crippen molar-refractivity contribution in [3.63, 3.8) is 0 Å². The summed E-state index contributed by atoms with van der Waals surface area (Å²) >= 11 is 0. The fourth-order valence-electron chi connectivity index (χ4n) is 9.28. The van der Waals surface area contributed by atoms with E-state index in [1.54, 1.807) is 27.4 Å². The molecule has 2 atom stereocenters. The number of ether oxygens (including phenoxy) is 7. The van der Waals surface area contributed by atoms with E-state index in [1.807, 2.05) is 65.6 Å². The second-order valence-corrected chi connectivity index (χ2v) is 17.4. The van der Waals surface area contributed by atoms with E-state index in [2.05, 4.69) is 39.8 Å². The second kappa shape index (κ2) is 22.9. The number of amides is 1. The molecule has 3 aliphatic rings. The molecule has 8 rings (SSSR count). The van der Waals surface area contributed by atoms with Gasteiger partial charge in [-0.25, -0.2) is 0 Å². The number of para-hydroxylation sites is 2. The van der Waals surface area contributed by atoms with Gasteiger partial charge in [0.15, 0.2) is 23.0 Å².